The van der Waals surface area contributed by atoms with E-state index in [9.17, 15) is 0 Å². The van der Waals surface area contributed by atoms with Crippen LogP contribution in [0.25, 0.3) is 0 Å². The minimum atomic E-state index is -0.147. The molecule has 0 spiro atoms. The van der Waals surface area contributed by atoms with Crippen LogP contribution in [0.3, 0.4) is 0 Å². The third kappa shape index (κ3) is 3.46. The molecule has 0 amide bonds. The Labute approximate surface area is 132 Å². The first-order valence-electron chi connectivity index (χ1n) is 8.81. The summed E-state index contributed by atoms with van der Waals surface area (Å²) in [5, 5.41) is 0. The molecule has 2 N–H and O–H groups in total. The molecule has 1 aliphatic heterocycles. The lowest BCUT2D eigenvalue weighted by atomic mass is 9.70. The van der Waals surface area contributed by atoms with Crippen molar-refractivity contribution in [3.05, 3.63) is 0 Å². The average molecular weight is 299 g/mol. The van der Waals surface area contributed by atoms with E-state index in [0.29, 0.717) is 5.92 Å². The van der Waals surface area contributed by atoms with Gasteiger partial charge in [-0.3, -0.25) is 4.90 Å². The SMILES string of the molecule is CCN(CC)C(CC)(CC)C(N)C1CC(C)(C)OC1(C)C. The van der Waals surface area contributed by atoms with Crippen LogP contribution in [0.15, 0.2) is 0 Å². The maximum atomic E-state index is 6.91. The lowest BCUT2D eigenvalue weighted by Gasteiger charge is -2.50. The van der Waals surface area contributed by atoms with Crippen LogP contribution in [0, 0.1) is 5.92 Å². The summed E-state index contributed by atoms with van der Waals surface area (Å²) in [5.74, 6) is 0.396. The van der Waals surface area contributed by atoms with Crippen molar-refractivity contribution in [3.8, 4) is 0 Å². The summed E-state index contributed by atoms with van der Waals surface area (Å²) in [5.41, 5.74) is 6.77. The molecule has 0 aliphatic carbocycles. The quantitative estimate of drug-likeness (QED) is 0.777. The molecule has 0 saturated carbocycles. The molecule has 0 aromatic heterocycles. The Kier molecular flexibility index (Phi) is 5.91. The van der Waals surface area contributed by atoms with Crippen molar-refractivity contribution in [3.63, 3.8) is 0 Å². The molecular weight excluding hydrogens is 260 g/mol. The predicted molar refractivity (Wildman–Crippen MR) is 91.6 cm³/mol. The minimum absolute atomic E-state index is 0.0672. The fourth-order valence-electron chi connectivity index (χ4n) is 4.77. The number of nitrogens with zero attached hydrogens (tertiary/aromatic N) is 1. The van der Waals surface area contributed by atoms with Crippen molar-refractivity contribution < 1.29 is 4.74 Å². The van der Waals surface area contributed by atoms with Gasteiger partial charge in [-0.2, -0.15) is 0 Å². The van der Waals surface area contributed by atoms with Gasteiger partial charge < -0.3 is 10.5 Å². The van der Waals surface area contributed by atoms with Gasteiger partial charge in [0, 0.05) is 17.5 Å². The number of hydrogen-bond acceptors (Lipinski definition) is 3. The predicted octanol–water partition coefficient (Wildman–Crippen LogP) is 3.81. The van der Waals surface area contributed by atoms with Gasteiger partial charge in [-0.25, -0.2) is 0 Å². The van der Waals surface area contributed by atoms with E-state index in [0.717, 1.165) is 32.4 Å². The van der Waals surface area contributed by atoms with E-state index >= 15 is 0 Å². The zero-order chi connectivity index (χ0) is 16.5. The Hall–Kier alpha value is -0.120. The summed E-state index contributed by atoms with van der Waals surface area (Å²) < 4.78 is 6.30. The van der Waals surface area contributed by atoms with E-state index in [-0.39, 0.29) is 22.8 Å². The van der Waals surface area contributed by atoms with Crippen LogP contribution < -0.4 is 5.73 Å². The number of hydrogen-bond donors (Lipinski definition) is 1. The molecule has 2 unspecified atom stereocenters. The molecule has 0 aromatic rings. The van der Waals surface area contributed by atoms with E-state index < -0.39 is 0 Å². The molecule has 0 radical (unpaired) electrons. The van der Waals surface area contributed by atoms with Gasteiger partial charge in [-0.15, -0.1) is 0 Å². The Balaban J connectivity index is 3.15. The summed E-state index contributed by atoms with van der Waals surface area (Å²) in [6.07, 6.45) is 3.24. The maximum Gasteiger partial charge on any atom is 0.0678 e. The highest BCUT2D eigenvalue weighted by atomic mass is 16.5. The minimum Gasteiger partial charge on any atom is -0.369 e. The maximum absolute atomic E-state index is 6.91. The summed E-state index contributed by atoms with van der Waals surface area (Å²) in [4.78, 5) is 2.57. The van der Waals surface area contributed by atoms with E-state index in [1.54, 1.807) is 0 Å². The smallest absolute Gasteiger partial charge is 0.0678 e. The molecule has 21 heavy (non-hydrogen) atoms. The van der Waals surface area contributed by atoms with E-state index in [4.69, 9.17) is 10.5 Å². The molecule has 1 heterocycles. The fourth-order valence-corrected chi connectivity index (χ4v) is 4.77. The summed E-state index contributed by atoms with van der Waals surface area (Å²) in [7, 11) is 0. The molecule has 1 saturated heterocycles. The highest BCUT2D eigenvalue weighted by molar-refractivity contribution is 5.08. The first-order valence-corrected chi connectivity index (χ1v) is 8.81. The Morgan fingerprint density at radius 1 is 1.10 bits per heavy atom. The third-order valence-electron chi connectivity index (χ3n) is 5.82. The van der Waals surface area contributed by atoms with Crippen molar-refractivity contribution in [2.24, 2.45) is 11.7 Å². The second-order valence-electron chi connectivity index (χ2n) is 7.78. The molecule has 1 fully saturated rings. The molecule has 0 bridgehead atoms. The van der Waals surface area contributed by atoms with Crippen molar-refractivity contribution in [1.82, 2.24) is 4.90 Å². The third-order valence-corrected chi connectivity index (χ3v) is 5.82. The fraction of sp³-hybridized carbons (Fsp3) is 1.00. The molecule has 0 aromatic carbocycles. The lowest BCUT2D eigenvalue weighted by Crippen LogP contribution is -2.64. The Morgan fingerprint density at radius 3 is 1.86 bits per heavy atom. The second-order valence-corrected chi connectivity index (χ2v) is 7.78. The number of ether oxygens (including phenoxy) is 1. The molecule has 2 atom stereocenters. The van der Waals surface area contributed by atoms with E-state index in [1.165, 1.54) is 0 Å². The summed E-state index contributed by atoms with van der Waals surface area (Å²) in [6.45, 7) is 20.0. The zero-order valence-electron chi connectivity index (χ0n) is 15.6. The van der Waals surface area contributed by atoms with Gasteiger partial charge in [0.1, 0.15) is 0 Å². The van der Waals surface area contributed by atoms with Crippen LogP contribution in [0.4, 0.5) is 0 Å². The summed E-state index contributed by atoms with van der Waals surface area (Å²) in [6, 6.07) is 0.143. The standard InChI is InChI=1S/C18H38N2O/c1-9-18(10-2,20(11-3)12-4)15(19)14-13-16(5,6)21-17(14,7)8/h14-15H,9-13,19H2,1-8H3. The van der Waals surface area contributed by atoms with Gasteiger partial charge in [-0.1, -0.05) is 27.7 Å². The lowest BCUT2D eigenvalue weighted by molar-refractivity contribution is -0.0843. The van der Waals surface area contributed by atoms with Crippen molar-refractivity contribution in [2.75, 3.05) is 13.1 Å². The van der Waals surface area contributed by atoms with Crippen LogP contribution in [0.5, 0.6) is 0 Å². The van der Waals surface area contributed by atoms with Gasteiger partial charge in [0.2, 0.25) is 0 Å². The Bertz CT molecular complexity index is 330. The first kappa shape index (κ1) is 18.9. The van der Waals surface area contributed by atoms with Crippen molar-refractivity contribution >= 4 is 0 Å². The van der Waals surface area contributed by atoms with Crippen molar-refractivity contribution in [2.45, 2.75) is 97.4 Å². The summed E-state index contributed by atoms with van der Waals surface area (Å²) >= 11 is 0. The Morgan fingerprint density at radius 2 is 1.57 bits per heavy atom. The molecule has 3 nitrogen and oxygen atoms in total. The van der Waals surface area contributed by atoms with Crippen LogP contribution in [0.2, 0.25) is 0 Å². The molecule has 1 aliphatic rings. The molecule has 3 heteroatoms. The monoisotopic (exact) mass is 298 g/mol. The van der Waals surface area contributed by atoms with Crippen LogP contribution in [-0.2, 0) is 4.74 Å². The van der Waals surface area contributed by atoms with Crippen LogP contribution in [-0.4, -0.2) is 40.8 Å². The van der Waals surface area contributed by atoms with Crippen molar-refractivity contribution in [1.29, 1.82) is 0 Å². The normalized spacial score (nSPS) is 26.3. The highest BCUT2D eigenvalue weighted by Crippen LogP contribution is 2.47. The van der Waals surface area contributed by atoms with Gasteiger partial charge in [-0.05, 0) is 60.0 Å². The van der Waals surface area contributed by atoms with Crippen LogP contribution >= 0.6 is 0 Å². The van der Waals surface area contributed by atoms with Gasteiger partial charge >= 0.3 is 0 Å². The second kappa shape index (κ2) is 6.55. The van der Waals surface area contributed by atoms with Gasteiger partial charge in [0.25, 0.3) is 0 Å². The van der Waals surface area contributed by atoms with E-state index in [2.05, 4.69) is 60.3 Å². The molecular formula is C18H38N2O. The van der Waals surface area contributed by atoms with Gasteiger partial charge in [0.05, 0.1) is 11.2 Å². The van der Waals surface area contributed by atoms with Crippen LogP contribution in [0.1, 0.15) is 74.7 Å². The zero-order valence-corrected chi connectivity index (χ0v) is 15.6. The number of rotatable bonds is 7. The largest absolute Gasteiger partial charge is 0.369 e. The molecule has 126 valence electrons. The molecule has 1 rings (SSSR count). The number of nitrogens with two attached hydrogens (primary N) is 1. The first-order chi connectivity index (χ1) is 9.60. The van der Waals surface area contributed by atoms with E-state index in [1.807, 2.05) is 0 Å². The highest BCUT2D eigenvalue weighted by Gasteiger charge is 2.53. The number of likely N-dealkylation sites (N-methyl/N-ethyl adjacent to an activating group) is 1. The van der Waals surface area contributed by atoms with Gasteiger partial charge in [0.15, 0.2) is 0 Å². The topological polar surface area (TPSA) is 38.5 Å². The average Bonchev–Trinajstić information content (AvgIpc) is 2.63.